The van der Waals surface area contributed by atoms with Gasteiger partial charge in [0.25, 0.3) is 5.91 Å². The van der Waals surface area contributed by atoms with Crippen molar-refractivity contribution in [2.24, 2.45) is 0 Å². The molecule has 0 spiro atoms. The van der Waals surface area contributed by atoms with Gasteiger partial charge in [0.2, 0.25) is 0 Å². The van der Waals surface area contributed by atoms with E-state index in [-0.39, 0.29) is 17.6 Å². The Morgan fingerprint density at radius 3 is 2.59 bits per heavy atom. The highest BCUT2D eigenvalue weighted by Crippen LogP contribution is 2.28. The maximum atomic E-state index is 13.3. The van der Waals surface area contributed by atoms with E-state index in [1.165, 1.54) is 18.5 Å². The second kappa shape index (κ2) is 9.87. The molecule has 5 rings (SSSR count). The van der Waals surface area contributed by atoms with Crippen molar-refractivity contribution in [3.05, 3.63) is 108 Å². The van der Waals surface area contributed by atoms with Gasteiger partial charge in [0.05, 0.1) is 5.56 Å². The summed E-state index contributed by atoms with van der Waals surface area (Å²) >= 11 is 0. The van der Waals surface area contributed by atoms with E-state index < -0.39 is 0 Å². The summed E-state index contributed by atoms with van der Waals surface area (Å²) in [7, 11) is 0. The number of benzene rings is 1. The number of hydrogen-bond acceptors (Lipinski definition) is 5. The summed E-state index contributed by atoms with van der Waals surface area (Å²) in [6.45, 7) is 1.33. The fourth-order valence-electron chi connectivity index (χ4n) is 4.38. The maximum absolute atomic E-state index is 13.3. The third kappa shape index (κ3) is 4.98. The van der Waals surface area contributed by atoms with E-state index in [1.807, 2.05) is 29.2 Å². The van der Waals surface area contributed by atoms with Gasteiger partial charge in [-0.25, -0.2) is 14.4 Å². The van der Waals surface area contributed by atoms with Crippen molar-refractivity contribution < 1.29 is 9.18 Å². The van der Waals surface area contributed by atoms with Crippen molar-refractivity contribution in [1.82, 2.24) is 24.8 Å². The summed E-state index contributed by atoms with van der Waals surface area (Å²) < 4.78 is 13.2. The highest BCUT2D eigenvalue weighted by atomic mass is 19.1. The zero-order chi connectivity index (χ0) is 23.3. The van der Waals surface area contributed by atoms with Crippen LogP contribution in [-0.2, 0) is 6.42 Å². The summed E-state index contributed by atoms with van der Waals surface area (Å²) in [5.41, 5.74) is 5.14. The molecule has 0 saturated carbocycles. The van der Waals surface area contributed by atoms with Gasteiger partial charge in [0.15, 0.2) is 0 Å². The highest BCUT2D eigenvalue weighted by molar-refractivity contribution is 5.95. The maximum Gasteiger partial charge on any atom is 0.255 e. The van der Waals surface area contributed by atoms with Crippen molar-refractivity contribution in [3.8, 4) is 11.1 Å². The Balaban J connectivity index is 1.30. The summed E-state index contributed by atoms with van der Waals surface area (Å²) in [5, 5.41) is 0. The number of nitrogens with zero attached hydrogens (tertiary/aromatic N) is 5. The van der Waals surface area contributed by atoms with Crippen LogP contribution in [0.2, 0.25) is 0 Å². The summed E-state index contributed by atoms with van der Waals surface area (Å²) in [6.07, 6.45) is 10.8. The molecule has 1 aromatic carbocycles. The van der Waals surface area contributed by atoms with Crippen molar-refractivity contribution in [2.45, 2.75) is 25.2 Å². The molecular formula is C27H24FN5O. The molecule has 6 nitrogen and oxygen atoms in total. The lowest BCUT2D eigenvalue weighted by atomic mass is 9.93. The first-order valence-corrected chi connectivity index (χ1v) is 11.4. The van der Waals surface area contributed by atoms with Gasteiger partial charge >= 0.3 is 0 Å². The van der Waals surface area contributed by atoms with Crippen LogP contribution in [0, 0.1) is 5.82 Å². The summed E-state index contributed by atoms with van der Waals surface area (Å²) in [5.74, 6) is -0.0989. The smallest absolute Gasteiger partial charge is 0.255 e. The Bertz CT molecular complexity index is 1280. The van der Waals surface area contributed by atoms with Crippen LogP contribution >= 0.6 is 0 Å². The number of likely N-dealkylation sites (tertiary alicyclic amines) is 1. The van der Waals surface area contributed by atoms with E-state index in [0.717, 1.165) is 40.9 Å². The lowest BCUT2D eigenvalue weighted by Gasteiger charge is -2.32. The van der Waals surface area contributed by atoms with Crippen LogP contribution in [0.25, 0.3) is 11.1 Å². The van der Waals surface area contributed by atoms with Gasteiger partial charge in [-0.3, -0.25) is 14.8 Å². The van der Waals surface area contributed by atoms with Gasteiger partial charge in [-0.05, 0) is 48.7 Å². The third-order valence-electron chi connectivity index (χ3n) is 6.13. The summed E-state index contributed by atoms with van der Waals surface area (Å²) in [6, 6.07) is 14.4. The Labute approximate surface area is 197 Å². The number of carbonyl (C=O) groups is 1. The minimum absolute atomic E-state index is 0.0293. The number of carbonyl (C=O) groups excluding carboxylic acids is 1. The van der Waals surface area contributed by atoms with Crippen molar-refractivity contribution in [2.75, 3.05) is 13.1 Å². The van der Waals surface area contributed by atoms with E-state index in [0.29, 0.717) is 25.1 Å². The number of piperidine rings is 1. The number of aromatic nitrogens is 4. The standard InChI is InChI=1S/C27H24FN5O/c28-24-8-6-19(7-9-24)11-25-4-1-5-26(32-25)20-3-2-10-33(17-20)27(34)22-12-21(13-29-14-22)23-15-30-18-31-16-23/h1,4-9,12-16,18,20H,2-3,10-11,17H2. The van der Waals surface area contributed by atoms with E-state index >= 15 is 0 Å². The van der Waals surface area contributed by atoms with Crippen molar-refractivity contribution in [1.29, 1.82) is 0 Å². The molecule has 4 aromatic rings. The molecular weight excluding hydrogens is 429 g/mol. The second-order valence-corrected chi connectivity index (χ2v) is 8.54. The quantitative estimate of drug-likeness (QED) is 0.439. The van der Waals surface area contributed by atoms with Gasteiger partial charge in [-0.2, -0.15) is 0 Å². The fraction of sp³-hybridized carbons (Fsp3) is 0.222. The molecule has 3 aromatic heterocycles. The van der Waals surface area contributed by atoms with Gasteiger partial charge in [0, 0.05) is 72.7 Å². The van der Waals surface area contributed by atoms with Crippen LogP contribution in [0.15, 0.2) is 79.6 Å². The second-order valence-electron chi connectivity index (χ2n) is 8.54. The first kappa shape index (κ1) is 21.8. The zero-order valence-corrected chi connectivity index (χ0v) is 18.6. The first-order chi connectivity index (χ1) is 16.7. The molecule has 170 valence electrons. The van der Waals surface area contributed by atoms with Crippen LogP contribution < -0.4 is 0 Å². The lowest BCUT2D eigenvalue weighted by Crippen LogP contribution is -2.39. The van der Waals surface area contributed by atoms with Crippen LogP contribution in [-0.4, -0.2) is 43.8 Å². The lowest BCUT2D eigenvalue weighted by molar-refractivity contribution is 0.0705. The normalized spacial score (nSPS) is 15.8. The van der Waals surface area contributed by atoms with Crippen LogP contribution in [0.5, 0.6) is 0 Å². The fourth-order valence-corrected chi connectivity index (χ4v) is 4.38. The molecule has 0 aliphatic carbocycles. The molecule has 34 heavy (non-hydrogen) atoms. The zero-order valence-electron chi connectivity index (χ0n) is 18.6. The predicted octanol–water partition coefficient (Wildman–Crippen LogP) is 4.68. The molecule has 1 aliphatic heterocycles. The van der Waals surface area contributed by atoms with Gasteiger partial charge in [0.1, 0.15) is 12.1 Å². The molecule has 1 unspecified atom stereocenters. The van der Waals surface area contributed by atoms with Gasteiger partial charge < -0.3 is 4.90 Å². The topological polar surface area (TPSA) is 71.9 Å². The number of amides is 1. The molecule has 4 heterocycles. The molecule has 0 bridgehead atoms. The minimum Gasteiger partial charge on any atom is -0.338 e. The average molecular weight is 454 g/mol. The van der Waals surface area contributed by atoms with E-state index in [1.54, 1.807) is 36.9 Å². The Hall–Kier alpha value is -4.00. The highest BCUT2D eigenvalue weighted by Gasteiger charge is 2.27. The largest absolute Gasteiger partial charge is 0.338 e. The molecule has 1 fully saturated rings. The molecule has 1 aliphatic rings. The molecule has 7 heteroatoms. The molecule has 1 amide bonds. The molecule has 1 saturated heterocycles. The molecule has 0 radical (unpaired) electrons. The van der Waals surface area contributed by atoms with Crippen LogP contribution in [0.4, 0.5) is 4.39 Å². The molecule has 1 atom stereocenters. The molecule has 0 N–H and O–H groups in total. The predicted molar refractivity (Wildman–Crippen MR) is 127 cm³/mol. The first-order valence-electron chi connectivity index (χ1n) is 11.4. The number of pyridine rings is 2. The Kier molecular flexibility index (Phi) is 6.33. The third-order valence-corrected chi connectivity index (χ3v) is 6.13. The van der Waals surface area contributed by atoms with Gasteiger partial charge in [-0.1, -0.05) is 18.2 Å². The minimum atomic E-state index is -0.240. The van der Waals surface area contributed by atoms with Crippen LogP contribution in [0.3, 0.4) is 0 Å². The van der Waals surface area contributed by atoms with Crippen molar-refractivity contribution >= 4 is 5.91 Å². The van der Waals surface area contributed by atoms with E-state index in [9.17, 15) is 9.18 Å². The number of rotatable bonds is 5. The monoisotopic (exact) mass is 453 g/mol. The van der Waals surface area contributed by atoms with Gasteiger partial charge in [-0.15, -0.1) is 0 Å². The van der Waals surface area contributed by atoms with Crippen molar-refractivity contribution in [3.63, 3.8) is 0 Å². The Morgan fingerprint density at radius 1 is 0.971 bits per heavy atom. The van der Waals surface area contributed by atoms with E-state index in [4.69, 9.17) is 4.98 Å². The number of halogens is 1. The van der Waals surface area contributed by atoms with E-state index in [2.05, 4.69) is 15.0 Å². The average Bonchev–Trinajstić information content (AvgIpc) is 2.90. The summed E-state index contributed by atoms with van der Waals surface area (Å²) in [4.78, 5) is 32.4. The SMILES string of the molecule is O=C(c1cncc(-c2cncnc2)c1)N1CCCC(c2cccc(Cc3ccc(F)cc3)n2)C1. The van der Waals surface area contributed by atoms with Crippen LogP contribution in [0.1, 0.15) is 46.1 Å². The number of hydrogen-bond donors (Lipinski definition) is 0. The Morgan fingerprint density at radius 2 is 1.76 bits per heavy atom.